The number of rotatable bonds is 5. The van der Waals surface area contributed by atoms with Gasteiger partial charge in [0.1, 0.15) is 0 Å². The van der Waals surface area contributed by atoms with Gasteiger partial charge in [0.2, 0.25) is 11.8 Å². The second kappa shape index (κ2) is 7.12. The van der Waals surface area contributed by atoms with Gasteiger partial charge < -0.3 is 21.7 Å². The Labute approximate surface area is 110 Å². The predicted molar refractivity (Wildman–Crippen MR) is 70.5 cm³/mol. The summed E-state index contributed by atoms with van der Waals surface area (Å²) in [7, 11) is 1.52. The van der Waals surface area contributed by atoms with Gasteiger partial charge in [-0.25, -0.2) is 0 Å². The normalized spacial score (nSPS) is 9.58. The lowest BCUT2D eigenvalue weighted by Gasteiger charge is -2.07. The minimum atomic E-state index is -0.408. The van der Waals surface area contributed by atoms with Crippen LogP contribution in [-0.2, 0) is 9.59 Å². The van der Waals surface area contributed by atoms with Crippen molar-refractivity contribution in [3.63, 3.8) is 0 Å². The van der Waals surface area contributed by atoms with Gasteiger partial charge in [-0.3, -0.25) is 14.4 Å². The van der Waals surface area contributed by atoms with Crippen LogP contribution in [0.25, 0.3) is 0 Å². The van der Waals surface area contributed by atoms with Gasteiger partial charge in [0.15, 0.2) is 0 Å². The fourth-order valence-corrected chi connectivity index (χ4v) is 1.34. The fraction of sp³-hybridized carbons (Fsp3) is 0.250. The van der Waals surface area contributed by atoms with Crippen LogP contribution >= 0.6 is 0 Å². The number of hydrogen-bond donors (Lipinski definition) is 4. The molecular formula is C12H16N4O3. The molecule has 1 rings (SSSR count). The van der Waals surface area contributed by atoms with Crippen LogP contribution in [0.1, 0.15) is 10.4 Å². The molecule has 5 N–H and O–H groups in total. The Morgan fingerprint density at radius 2 is 1.95 bits per heavy atom. The molecule has 7 heteroatoms. The van der Waals surface area contributed by atoms with Crippen molar-refractivity contribution in [2.75, 3.05) is 25.5 Å². The van der Waals surface area contributed by atoms with Crippen molar-refractivity contribution in [3.05, 3.63) is 29.8 Å². The molecule has 0 aliphatic heterocycles. The van der Waals surface area contributed by atoms with Crippen molar-refractivity contribution < 1.29 is 14.4 Å². The molecule has 0 unspecified atom stereocenters. The average Bonchev–Trinajstić information content (AvgIpc) is 2.44. The number of hydrogen-bond acceptors (Lipinski definition) is 4. The average molecular weight is 264 g/mol. The van der Waals surface area contributed by atoms with E-state index in [9.17, 15) is 14.4 Å². The highest BCUT2D eigenvalue weighted by atomic mass is 16.2. The minimum absolute atomic E-state index is 0.166. The van der Waals surface area contributed by atoms with E-state index in [4.69, 9.17) is 5.73 Å². The molecule has 7 nitrogen and oxygen atoms in total. The smallest absolute Gasteiger partial charge is 0.251 e. The third-order valence-electron chi connectivity index (χ3n) is 2.27. The molecule has 19 heavy (non-hydrogen) atoms. The van der Waals surface area contributed by atoms with Crippen molar-refractivity contribution in [3.8, 4) is 0 Å². The van der Waals surface area contributed by atoms with Crippen molar-refractivity contribution in [2.24, 2.45) is 5.73 Å². The van der Waals surface area contributed by atoms with Gasteiger partial charge in [-0.2, -0.15) is 0 Å². The summed E-state index contributed by atoms with van der Waals surface area (Å²) in [4.78, 5) is 33.8. The molecule has 3 amide bonds. The summed E-state index contributed by atoms with van der Waals surface area (Å²) in [6.45, 7) is -0.334. The van der Waals surface area contributed by atoms with Crippen LogP contribution in [0.2, 0.25) is 0 Å². The van der Waals surface area contributed by atoms with Gasteiger partial charge in [0, 0.05) is 18.3 Å². The SMILES string of the molecule is CNC(=O)c1cccc(NC(=O)CNC(=O)CN)c1. The van der Waals surface area contributed by atoms with Crippen LogP contribution in [0.5, 0.6) is 0 Å². The van der Waals surface area contributed by atoms with Gasteiger partial charge in [0.05, 0.1) is 13.1 Å². The Hall–Kier alpha value is -2.41. The highest BCUT2D eigenvalue weighted by molar-refractivity contribution is 5.98. The van der Waals surface area contributed by atoms with Crippen LogP contribution in [0.15, 0.2) is 24.3 Å². The van der Waals surface area contributed by atoms with E-state index in [0.29, 0.717) is 11.3 Å². The Bertz CT molecular complexity index is 488. The van der Waals surface area contributed by atoms with E-state index in [1.165, 1.54) is 7.05 Å². The van der Waals surface area contributed by atoms with Crippen LogP contribution < -0.4 is 21.7 Å². The third-order valence-corrected chi connectivity index (χ3v) is 2.27. The Morgan fingerprint density at radius 1 is 1.21 bits per heavy atom. The number of nitrogens with two attached hydrogens (primary N) is 1. The summed E-state index contributed by atoms with van der Waals surface area (Å²) in [5.41, 5.74) is 6.01. The lowest BCUT2D eigenvalue weighted by atomic mass is 10.2. The molecule has 1 aromatic rings. The summed E-state index contributed by atoms with van der Waals surface area (Å²) in [5, 5.41) is 7.40. The molecular weight excluding hydrogens is 248 g/mol. The summed E-state index contributed by atoms with van der Waals surface area (Å²) >= 11 is 0. The van der Waals surface area contributed by atoms with Gasteiger partial charge in [-0.05, 0) is 18.2 Å². The van der Waals surface area contributed by atoms with Gasteiger partial charge in [-0.15, -0.1) is 0 Å². The highest BCUT2D eigenvalue weighted by Crippen LogP contribution is 2.10. The minimum Gasteiger partial charge on any atom is -0.355 e. The number of carbonyl (C=O) groups is 3. The van der Waals surface area contributed by atoms with Crippen LogP contribution in [-0.4, -0.2) is 37.9 Å². The van der Waals surface area contributed by atoms with E-state index in [1.807, 2.05) is 0 Å². The molecule has 0 spiro atoms. The molecule has 0 bridgehead atoms. The monoisotopic (exact) mass is 264 g/mol. The van der Waals surface area contributed by atoms with Gasteiger partial charge in [-0.1, -0.05) is 6.07 Å². The maximum absolute atomic E-state index is 11.5. The van der Waals surface area contributed by atoms with Crippen LogP contribution in [0.4, 0.5) is 5.69 Å². The van der Waals surface area contributed by atoms with Crippen molar-refractivity contribution >= 4 is 23.4 Å². The predicted octanol–water partition coefficient (Wildman–Crippen LogP) is -0.940. The first-order valence-electron chi connectivity index (χ1n) is 5.65. The molecule has 0 atom stereocenters. The van der Waals surface area contributed by atoms with Gasteiger partial charge in [0.25, 0.3) is 5.91 Å². The summed E-state index contributed by atoms with van der Waals surface area (Å²) in [5.74, 6) is -1.04. The Balaban J connectivity index is 2.59. The van der Waals surface area contributed by atoms with E-state index in [-0.39, 0.29) is 19.0 Å². The fourth-order valence-electron chi connectivity index (χ4n) is 1.34. The molecule has 0 heterocycles. The molecule has 0 fully saturated rings. The molecule has 0 aliphatic rings. The number of carbonyl (C=O) groups excluding carboxylic acids is 3. The third kappa shape index (κ3) is 4.76. The number of amides is 3. The van der Waals surface area contributed by atoms with Crippen molar-refractivity contribution in [2.45, 2.75) is 0 Å². The maximum Gasteiger partial charge on any atom is 0.251 e. The lowest BCUT2D eigenvalue weighted by molar-refractivity contribution is -0.123. The van der Waals surface area contributed by atoms with Crippen LogP contribution in [0.3, 0.4) is 0 Å². The second-order valence-electron chi connectivity index (χ2n) is 3.69. The summed E-state index contributed by atoms with van der Waals surface area (Å²) in [6, 6.07) is 6.47. The number of nitrogens with one attached hydrogen (secondary N) is 3. The zero-order chi connectivity index (χ0) is 14.3. The van der Waals surface area contributed by atoms with Crippen LogP contribution in [0, 0.1) is 0 Å². The topological polar surface area (TPSA) is 113 Å². The van der Waals surface area contributed by atoms with E-state index >= 15 is 0 Å². The molecule has 0 saturated carbocycles. The summed E-state index contributed by atoms with van der Waals surface area (Å²) < 4.78 is 0. The quantitative estimate of drug-likeness (QED) is 0.549. The molecule has 0 saturated heterocycles. The largest absolute Gasteiger partial charge is 0.355 e. The second-order valence-corrected chi connectivity index (χ2v) is 3.69. The Morgan fingerprint density at radius 3 is 2.58 bits per heavy atom. The van der Waals surface area contributed by atoms with E-state index < -0.39 is 11.8 Å². The Kier molecular flexibility index (Phi) is 5.49. The zero-order valence-electron chi connectivity index (χ0n) is 10.5. The molecule has 0 aliphatic carbocycles. The van der Waals surface area contributed by atoms with E-state index in [2.05, 4.69) is 16.0 Å². The van der Waals surface area contributed by atoms with Gasteiger partial charge >= 0.3 is 0 Å². The first-order valence-corrected chi connectivity index (χ1v) is 5.65. The first-order chi connectivity index (χ1) is 9.06. The van der Waals surface area contributed by atoms with E-state index in [0.717, 1.165) is 0 Å². The lowest BCUT2D eigenvalue weighted by Crippen LogP contribution is -2.36. The molecule has 0 aromatic heterocycles. The molecule has 0 radical (unpaired) electrons. The first kappa shape index (κ1) is 14.7. The number of anilines is 1. The highest BCUT2D eigenvalue weighted by Gasteiger charge is 2.07. The molecule has 1 aromatic carbocycles. The maximum atomic E-state index is 11.5. The van der Waals surface area contributed by atoms with E-state index in [1.54, 1.807) is 24.3 Å². The van der Waals surface area contributed by atoms with Crippen molar-refractivity contribution in [1.29, 1.82) is 0 Å². The zero-order valence-corrected chi connectivity index (χ0v) is 10.5. The molecule has 102 valence electrons. The summed E-state index contributed by atoms with van der Waals surface area (Å²) in [6.07, 6.45) is 0. The number of benzene rings is 1. The van der Waals surface area contributed by atoms with Crippen molar-refractivity contribution in [1.82, 2.24) is 10.6 Å². The standard InChI is InChI=1S/C12H16N4O3/c1-14-12(19)8-3-2-4-9(5-8)16-11(18)7-15-10(17)6-13/h2-5H,6-7,13H2,1H3,(H,14,19)(H,15,17)(H,16,18).